The molecule has 0 aliphatic rings. The molecule has 0 aliphatic heterocycles. The third-order valence-electron chi connectivity index (χ3n) is 2.02. The lowest BCUT2D eigenvalue weighted by Gasteiger charge is -2.21. The number of nitro groups is 1. The number of halogens is 3. The molecule has 19 heavy (non-hydrogen) atoms. The van der Waals surface area contributed by atoms with Crippen LogP contribution >= 0.6 is 11.3 Å². The zero-order valence-electron chi connectivity index (χ0n) is 9.51. The highest BCUT2D eigenvalue weighted by Gasteiger charge is 2.33. The summed E-state index contributed by atoms with van der Waals surface area (Å²) in [6.45, 7) is 1.55. The number of carbonyl (C=O) groups is 1. The van der Waals surface area contributed by atoms with E-state index in [9.17, 15) is 28.1 Å². The molecule has 0 bridgehead atoms. The van der Waals surface area contributed by atoms with Crippen LogP contribution in [0.1, 0.15) is 10.4 Å². The monoisotopic (exact) mass is 294 g/mol. The molecule has 0 aromatic carbocycles. The fourth-order valence-corrected chi connectivity index (χ4v) is 2.00. The van der Waals surface area contributed by atoms with E-state index >= 15 is 0 Å². The van der Waals surface area contributed by atoms with Gasteiger partial charge in [-0.05, 0) is 0 Å². The maximum absolute atomic E-state index is 12.3. The summed E-state index contributed by atoms with van der Waals surface area (Å²) in [5, 5.41) is 11.3. The van der Waals surface area contributed by atoms with Crippen LogP contribution in [-0.4, -0.2) is 35.0 Å². The molecule has 0 atom stereocenters. The predicted octanol–water partition coefficient (Wildman–Crippen LogP) is 2.85. The molecule has 0 N–H and O–H groups in total. The Morgan fingerprint density at radius 1 is 1.58 bits per heavy atom. The van der Waals surface area contributed by atoms with Crippen LogP contribution in [0.2, 0.25) is 0 Å². The Labute approximate surface area is 110 Å². The molecule has 1 heterocycles. The molecular weight excluding hydrogens is 285 g/mol. The predicted molar refractivity (Wildman–Crippen MR) is 63.1 cm³/mol. The molecule has 1 rings (SSSR count). The molecule has 0 aliphatic carbocycles. The molecule has 104 valence electrons. The van der Waals surface area contributed by atoms with Gasteiger partial charge in [0.2, 0.25) is 0 Å². The first-order valence-corrected chi connectivity index (χ1v) is 5.82. The normalized spacial score (nSPS) is 11.1. The first-order chi connectivity index (χ1) is 8.74. The summed E-state index contributed by atoms with van der Waals surface area (Å²) in [7, 11) is 0. The summed E-state index contributed by atoms with van der Waals surface area (Å²) in [6.07, 6.45) is -3.38. The number of thiophene rings is 1. The number of rotatable bonds is 5. The molecule has 0 radical (unpaired) electrons. The second-order valence-corrected chi connectivity index (χ2v) is 4.41. The van der Waals surface area contributed by atoms with E-state index in [0.717, 1.165) is 17.5 Å². The van der Waals surface area contributed by atoms with E-state index in [1.54, 1.807) is 0 Å². The van der Waals surface area contributed by atoms with E-state index < -0.39 is 23.6 Å². The van der Waals surface area contributed by atoms with E-state index in [4.69, 9.17) is 0 Å². The number of amides is 1. The van der Waals surface area contributed by atoms with E-state index in [0.29, 0.717) is 16.2 Å². The second-order valence-electron chi connectivity index (χ2n) is 3.52. The minimum absolute atomic E-state index is 0.136. The van der Waals surface area contributed by atoms with Crippen LogP contribution in [-0.2, 0) is 0 Å². The van der Waals surface area contributed by atoms with Crippen LogP contribution in [0, 0.1) is 10.1 Å². The molecule has 1 aromatic heterocycles. The third kappa shape index (κ3) is 4.36. The summed E-state index contributed by atoms with van der Waals surface area (Å²) >= 11 is 0.686. The fraction of sp³-hybridized carbons (Fsp3) is 0.300. The summed E-state index contributed by atoms with van der Waals surface area (Å²) in [5.41, 5.74) is -0.136. The largest absolute Gasteiger partial charge is 0.406 e. The number of carbonyl (C=O) groups excluding carboxylic acids is 1. The van der Waals surface area contributed by atoms with Gasteiger partial charge in [0.15, 0.2) is 0 Å². The first kappa shape index (κ1) is 15.2. The topological polar surface area (TPSA) is 63.5 Å². The van der Waals surface area contributed by atoms with Gasteiger partial charge in [-0.3, -0.25) is 14.9 Å². The summed E-state index contributed by atoms with van der Waals surface area (Å²) in [4.78, 5) is 22.1. The van der Waals surface area contributed by atoms with Crippen molar-refractivity contribution < 1.29 is 22.9 Å². The smallest absolute Gasteiger partial charge is 0.326 e. The van der Waals surface area contributed by atoms with Crippen LogP contribution < -0.4 is 0 Å². The highest BCUT2D eigenvalue weighted by molar-refractivity contribution is 7.13. The van der Waals surface area contributed by atoms with E-state index in [2.05, 4.69) is 6.58 Å². The number of hydrogen-bond donors (Lipinski definition) is 0. The summed E-state index contributed by atoms with van der Waals surface area (Å²) < 4.78 is 36.9. The quantitative estimate of drug-likeness (QED) is 0.476. The van der Waals surface area contributed by atoms with Crippen molar-refractivity contribution >= 4 is 22.2 Å². The molecule has 1 aromatic rings. The Kier molecular flexibility index (Phi) is 4.65. The molecule has 9 heteroatoms. The Bertz CT molecular complexity index is 498. The number of nitrogens with zero attached hydrogens (tertiary/aromatic N) is 2. The Hall–Kier alpha value is -1.90. The lowest BCUT2D eigenvalue weighted by atomic mass is 10.3. The molecular formula is C10H9F3N2O3S. The fourth-order valence-electron chi connectivity index (χ4n) is 1.31. The SMILES string of the molecule is C=CCN(CC(F)(F)F)C(=O)c1csc([N+](=O)[O-])c1. The van der Waals surface area contributed by atoms with Crippen molar-refractivity contribution in [2.45, 2.75) is 6.18 Å². The minimum atomic E-state index is -4.54. The zero-order chi connectivity index (χ0) is 14.6. The lowest BCUT2D eigenvalue weighted by Crippen LogP contribution is -2.38. The van der Waals surface area contributed by atoms with E-state index in [1.165, 1.54) is 0 Å². The van der Waals surface area contributed by atoms with Gasteiger partial charge in [0.1, 0.15) is 6.54 Å². The Morgan fingerprint density at radius 2 is 2.21 bits per heavy atom. The van der Waals surface area contributed by atoms with Crippen molar-refractivity contribution in [1.29, 1.82) is 0 Å². The van der Waals surface area contributed by atoms with Crippen molar-refractivity contribution in [2.75, 3.05) is 13.1 Å². The molecule has 0 fully saturated rings. The average molecular weight is 294 g/mol. The molecule has 5 nitrogen and oxygen atoms in total. The Balaban J connectivity index is 2.92. The molecule has 0 saturated heterocycles. The molecule has 1 amide bonds. The van der Waals surface area contributed by atoms with E-state index in [-0.39, 0.29) is 17.1 Å². The maximum atomic E-state index is 12.3. The van der Waals surface area contributed by atoms with Crippen LogP contribution in [0.4, 0.5) is 18.2 Å². The zero-order valence-corrected chi connectivity index (χ0v) is 10.3. The van der Waals surface area contributed by atoms with Gasteiger partial charge in [0.05, 0.1) is 10.5 Å². The standard InChI is InChI=1S/C10H9F3N2O3S/c1-2-3-14(6-10(11,12)13)9(16)7-4-8(15(17)18)19-5-7/h2,4-5H,1,3,6H2. The van der Waals surface area contributed by atoms with Crippen molar-refractivity contribution in [3.05, 3.63) is 39.8 Å². The molecule has 0 saturated carbocycles. The summed E-state index contributed by atoms with van der Waals surface area (Å²) in [5.74, 6) is -0.915. The first-order valence-electron chi connectivity index (χ1n) is 4.94. The van der Waals surface area contributed by atoms with Gasteiger partial charge >= 0.3 is 11.2 Å². The van der Waals surface area contributed by atoms with Crippen molar-refractivity contribution in [3.8, 4) is 0 Å². The highest BCUT2D eigenvalue weighted by Crippen LogP contribution is 2.25. The molecule has 0 spiro atoms. The van der Waals surface area contributed by atoms with Crippen molar-refractivity contribution in [1.82, 2.24) is 4.90 Å². The number of hydrogen-bond acceptors (Lipinski definition) is 4. The van der Waals surface area contributed by atoms with Gasteiger partial charge in [-0.2, -0.15) is 13.2 Å². The minimum Gasteiger partial charge on any atom is -0.326 e. The van der Waals surface area contributed by atoms with Gasteiger partial charge in [0, 0.05) is 18.0 Å². The van der Waals surface area contributed by atoms with Gasteiger partial charge in [-0.15, -0.1) is 6.58 Å². The number of alkyl halides is 3. The van der Waals surface area contributed by atoms with Crippen LogP contribution in [0.3, 0.4) is 0 Å². The average Bonchev–Trinajstić information content (AvgIpc) is 2.75. The highest BCUT2D eigenvalue weighted by atomic mass is 32.1. The maximum Gasteiger partial charge on any atom is 0.406 e. The van der Waals surface area contributed by atoms with Crippen molar-refractivity contribution in [3.63, 3.8) is 0 Å². The summed E-state index contributed by atoms with van der Waals surface area (Å²) in [6, 6.07) is 0.958. The Morgan fingerprint density at radius 3 is 2.63 bits per heavy atom. The van der Waals surface area contributed by atoms with Crippen LogP contribution in [0.5, 0.6) is 0 Å². The van der Waals surface area contributed by atoms with Gasteiger partial charge in [-0.1, -0.05) is 17.4 Å². The van der Waals surface area contributed by atoms with Gasteiger partial charge < -0.3 is 4.90 Å². The third-order valence-corrected chi connectivity index (χ3v) is 2.90. The van der Waals surface area contributed by atoms with E-state index in [1.807, 2.05) is 0 Å². The molecule has 0 unspecified atom stereocenters. The van der Waals surface area contributed by atoms with Crippen LogP contribution in [0.15, 0.2) is 24.1 Å². The second kappa shape index (κ2) is 5.83. The van der Waals surface area contributed by atoms with Crippen molar-refractivity contribution in [2.24, 2.45) is 0 Å². The lowest BCUT2D eigenvalue weighted by molar-refractivity contribution is -0.380. The van der Waals surface area contributed by atoms with Crippen LogP contribution in [0.25, 0.3) is 0 Å². The van der Waals surface area contributed by atoms with Gasteiger partial charge in [-0.25, -0.2) is 0 Å². The van der Waals surface area contributed by atoms with Gasteiger partial charge in [0.25, 0.3) is 5.91 Å².